The maximum absolute atomic E-state index is 11.7. The number of nitrogens with one attached hydrogen (secondary N) is 1. The summed E-state index contributed by atoms with van der Waals surface area (Å²) in [5.74, 6) is -1.56. The maximum atomic E-state index is 11.7. The molecule has 2 atom stereocenters. The third-order valence-electron chi connectivity index (χ3n) is 2.78. The van der Waals surface area contributed by atoms with E-state index in [1.807, 2.05) is 0 Å². The molecule has 0 aromatic carbocycles. The van der Waals surface area contributed by atoms with E-state index in [0.29, 0.717) is 0 Å². The molecule has 2 unspecified atom stereocenters. The van der Waals surface area contributed by atoms with Crippen LogP contribution in [-0.2, 0) is 14.3 Å². The number of rotatable bonds is 5. The molecule has 1 rings (SSSR count). The highest BCUT2D eigenvalue weighted by Crippen LogP contribution is 2.29. The van der Waals surface area contributed by atoms with Gasteiger partial charge in [-0.3, -0.25) is 9.59 Å². The lowest BCUT2D eigenvalue weighted by Crippen LogP contribution is -2.45. The number of carboxylic acid groups (broad SMARTS) is 1. The number of aliphatic hydroxyl groups excluding tert-OH is 1. The van der Waals surface area contributed by atoms with E-state index in [4.69, 9.17) is 14.9 Å². The lowest BCUT2D eigenvalue weighted by atomic mass is 9.86. The Hall–Kier alpha value is -1.60. The molecule has 0 radical (unpaired) electrons. The van der Waals surface area contributed by atoms with E-state index in [1.165, 1.54) is 14.0 Å². The lowest BCUT2D eigenvalue weighted by Gasteiger charge is -2.32. The van der Waals surface area contributed by atoms with Crippen LogP contribution < -0.4 is 5.32 Å². The largest absolute Gasteiger partial charge is 0.491 e. The highest BCUT2D eigenvalue weighted by molar-refractivity contribution is 5.96. The number of aliphatic carboxylic acids is 1. The van der Waals surface area contributed by atoms with Crippen LogP contribution in [0.15, 0.2) is 11.5 Å². The number of ether oxygens (including phenoxy) is 1. The summed E-state index contributed by atoms with van der Waals surface area (Å²) in [6, 6.07) is -0.931. The average molecular weight is 259 g/mol. The molecule has 7 heteroatoms. The second-order valence-corrected chi connectivity index (χ2v) is 4.38. The van der Waals surface area contributed by atoms with Crippen LogP contribution in [0.5, 0.6) is 0 Å². The summed E-state index contributed by atoms with van der Waals surface area (Å²) in [6.45, 7) is 0.821. The topological polar surface area (TPSA) is 116 Å². The number of methoxy groups -OCH3 is 1. The monoisotopic (exact) mass is 259 g/mol. The van der Waals surface area contributed by atoms with Gasteiger partial charge in [0.05, 0.1) is 19.4 Å². The molecule has 1 aliphatic rings. The number of hydrogen-bond acceptors (Lipinski definition) is 6. The number of Topliss-reactive ketones (excluding diaryl/α,β-unsaturated/α-hetero) is 1. The van der Waals surface area contributed by atoms with Gasteiger partial charge in [0.1, 0.15) is 11.6 Å². The van der Waals surface area contributed by atoms with Crippen molar-refractivity contribution in [2.75, 3.05) is 13.7 Å². The highest BCUT2D eigenvalue weighted by atomic mass is 16.5. The molecule has 7 nitrogen and oxygen atoms in total. The Morgan fingerprint density at radius 1 is 1.56 bits per heavy atom. The van der Waals surface area contributed by atoms with Crippen LogP contribution in [0.1, 0.15) is 19.8 Å². The number of carbonyl (C=O) groups excluding carboxylic acids is 1. The third kappa shape index (κ3) is 2.99. The van der Waals surface area contributed by atoms with Crippen LogP contribution in [0, 0.1) is 0 Å². The quantitative estimate of drug-likeness (QED) is 0.500. The second-order valence-electron chi connectivity index (χ2n) is 4.38. The standard InChI is InChI=1S/C11H17NO6/c1-6(10(15)16)12-7-3-11(17,5-13)4-8(14)9(7)18-2/h6,12-13,17H,3-5H2,1-2H3,(H,15,16). The number of hydrogen-bond donors (Lipinski definition) is 4. The zero-order valence-corrected chi connectivity index (χ0v) is 10.3. The Morgan fingerprint density at radius 2 is 2.17 bits per heavy atom. The molecule has 0 saturated carbocycles. The lowest BCUT2D eigenvalue weighted by molar-refractivity contribution is -0.139. The first-order valence-corrected chi connectivity index (χ1v) is 5.46. The molecule has 102 valence electrons. The van der Waals surface area contributed by atoms with Gasteiger partial charge >= 0.3 is 5.97 Å². The number of aliphatic hydroxyl groups is 2. The molecule has 0 aliphatic heterocycles. The molecule has 0 amide bonds. The summed E-state index contributed by atoms with van der Waals surface area (Å²) in [5.41, 5.74) is -1.38. The fourth-order valence-electron chi connectivity index (χ4n) is 1.81. The molecule has 0 aromatic heterocycles. The first kappa shape index (κ1) is 14.5. The summed E-state index contributed by atoms with van der Waals surface area (Å²) in [6.07, 6.45) is -0.310. The van der Waals surface area contributed by atoms with Crippen molar-refractivity contribution < 1.29 is 29.6 Å². The molecular formula is C11H17NO6. The Balaban J connectivity index is 3.01. The van der Waals surface area contributed by atoms with Gasteiger partial charge in [0.25, 0.3) is 0 Å². The molecule has 0 heterocycles. The van der Waals surface area contributed by atoms with E-state index in [0.717, 1.165) is 0 Å². The number of carboxylic acids is 1. The third-order valence-corrected chi connectivity index (χ3v) is 2.78. The van der Waals surface area contributed by atoms with Crippen molar-refractivity contribution in [1.29, 1.82) is 0 Å². The van der Waals surface area contributed by atoms with Crippen LogP contribution in [0.2, 0.25) is 0 Å². The average Bonchev–Trinajstić information content (AvgIpc) is 2.28. The van der Waals surface area contributed by atoms with E-state index in [1.54, 1.807) is 0 Å². The summed E-state index contributed by atoms with van der Waals surface area (Å²) < 4.78 is 4.92. The van der Waals surface area contributed by atoms with Crippen molar-refractivity contribution in [3.05, 3.63) is 11.5 Å². The van der Waals surface area contributed by atoms with Crippen molar-refractivity contribution in [3.63, 3.8) is 0 Å². The zero-order valence-electron chi connectivity index (χ0n) is 10.3. The van der Waals surface area contributed by atoms with Crippen LogP contribution in [-0.4, -0.2) is 52.4 Å². The van der Waals surface area contributed by atoms with Crippen LogP contribution in [0.3, 0.4) is 0 Å². The van der Waals surface area contributed by atoms with E-state index in [9.17, 15) is 14.7 Å². The van der Waals surface area contributed by atoms with Crippen molar-refractivity contribution in [2.45, 2.75) is 31.4 Å². The number of carbonyl (C=O) groups is 2. The van der Waals surface area contributed by atoms with Gasteiger partial charge in [0.2, 0.25) is 5.78 Å². The zero-order chi connectivity index (χ0) is 13.9. The van der Waals surface area contributed by atoms with Crippen molar-refractivity contribution in [1.82, 2.24) is 5.32 Å². The van der Waals surface area contributed by atoms with Crippen LogP contribution >= 0.6 is 0 Å². The summed E-state index contributed by atoms with van der Waals surface area (Å²) in [7, 11) is 1.30. The molecule has 0 saturated heterocycles. The van der Waals surface area contributed by atoms with E-state index in [-0.39, 0.29) is 24.3 Å². The van der Waals surface area contributed by atoms with Crippen molar-refractivity contribution in [2.24, 2.45) is 0 Å². The number of ketones is 1. The molecule has 18 heavy (non-hydrogen) atoms. The van der Waals surface area contributed by atoms with Crippen LogP contribution in [0.4, 0.5) is 0 Å². The van der Waals surface area contributed by atoms with Crippen molar-refractivity contribution in [3.8, 4) is 0 Å². The fraction of sp³-hybridized carbons (Fsp3) is 0.636. The predicted molar refractivity (Wildman–Crippen MR) is 60.5 cm³/mol. The summed E-state index contributed by atoms with van der Waals surface area (Å²) in [5, 5.41) is 30.4. The minimum absolute atomic E-state index is 0.00113. The predicted octanol–water partition coefficient (Wildman–Crippen LogP) is -1.01. The molecule has 0 spiro atoms. The summed E-state index contributed by atoms with van der Waals surface area (Å²) in [4.78, 5) is 22.5. The van der Waals surface area contributed by atoms with Gasteiger partial charge in [-0.1, -0.05) is 0 Å². The summed E-state index contributed by atoms with van der Waals surface area (Å²) >= 11 is 0. The molecule has 0 aromatic rings. The normalized spacial score (nSPS) is 25.9. The Bertz CT molecular complexity index is 391. The van der Waals surface area contributed by atoms with Gasteiger partial charge in [0, 0.05) is 12.8 Å². The molecule has 0 fully saturated rings. The van der Waals surface area contributed by atoms with Gasteiger partial charge in [0.15, 0.2) is 5.76 Å². The number of allylic oxidation sites excluding steroid dienone is 1. The first-order valence-electron chi connectivity index (χ1n) is 5.46. The van der Waals surface area contributed by atoms with Gasteiger partial charge in [-0.15, -0.1) is 0 Å². The first-order chi connectivity index (χ1) is 8.33. The van der Waals surface area contributed by atoms with Crippen LogP contribution in [0.25, 0.3) is 0 Å². The van der Waals surface area contributed by atoms with Gasteiger partial charge < -0.3 is 25.4 Å². The Morgan fingerprint density at radius 3 is 2.61 bits per heavy atom. The van der Waals surface area contributed by atoms with Gasteiger partial charge in [-0.25, -0.2) is 0 Å². The second kappa shape index (κ2) is 5.36. The molecule has 0 bridgehead atoms. The molecular weight excluding hydrogens is 242 g/mol. The van der Waals surface area contributed by atoms with E-state index >= 15 is 0 Å². The minimum atomic E-state index is -1.57. The smallest absolute Gasteiger partial charge is 0.325 e. The Labute approximate surface area is 104 Å². The van der Waals surface area contributed by atoms with E-state index < -0.39 is 30.0 Å². The maximum Gasteiger partial charge on any atom is 0.325 e. The highest BCUT2D eigenvalue weighted by Gasteiger charge is 2.39. The molecule has 4 N–H and O–H groups in total. The fourth-order valence-corrected chi connectivity index (χ4v) is 1.81. The van der Waals surface area contributed by atoms with Crippen molar-refractivity contribution >= 4 is 11.8 Å². The van der Waals surface area contributed by atoms with Gasteiger partial charge in [-0.2, -0.15) is 0 Å². The molecule has 1 aliphatic carbocycles. The van der Waals surface area contributed by atoms with Gasteiger partial charge in [-0.05, 0) is 6.92 Å². The minimum Gasteiger partial charge on any atom is -0.491 e. The SMILES string of the molecule is COC1=C(NC(C)C(=O)O)CC(O)(CO)CC1=O. The Kier molecular flexibility index (Phi) is 4.31. The van der Waals surface area contributed by atoms with E-state index in [2.05, 4.69) is 5.32 Å².